The van der Waals surface area contributed by atoms with Gasteiger partial charge in [-0.2, -0.15) is 0 Å². The smallest absolute Gasteiger partial charge is 0.131 e. The van der Waals surface area contributed by atoms with Gasteiger partial charge in [-0.25, -0.2) is 4.98 Å². The lowest BCUT2D eigenvalue weighted by Gasteiger charge is -2.12. The van der Waals surface area contributed by atoms with Gasteiger partial charge in [0, 0.05) is 18.3 Å². The van der Waals surface area contributed by atoms with Gasteiger partial charge in [0.05, 0.1) is 19.3 Å². The van der Waals surface area contributed by atoms with Crippen molar-refractivity contribution in [2.45, 2.75) is 27.3 Å². The number of aryl methyl sites for hydroxylation is 2. The first kappa shape index (κ1) is 13.6. The SMILES string of the molecule is COc1c(C)cc(C)cc1-c1nc(CN)n(C)c1C. The molecule has 1 aromatic heterocycles. The third-order valence-corrected chi connectivity index (χ3v) is 3.53. The fraction of sp³-hybridized carbons (Fsp3) is 0.400. The zero-order valence-electron chi connectivity index (χ0n) is 12.2. The number of nitrogens with zero attached hydrogens (tertiary/aromatic N) is 2. The normalized spacial score (nSPS) is 10.8. The van der Waals surface area contributed by atoms with Crippen molar-refractivity contribution in [2.24, 2.45) is 12.8 Å². The van der Waals surface area contributed by atoms with Gasteiger partial charge in [-0.3, -0.25) is 0 Å². The van der Waals surface area contributed by atoms with Crippen molar-refractivity contribution in [1.82, 2.24) is 9.55 Å². The molecule has 2 aromatic rings. The minimum atomic E-state index is 0.435. The lowest BCUT2D eigenvalue weighted by molar-refractivity contribution is 0.413. The number of nitrogens with two attached hydrogens (primary N) is 1. The molecule has 0 radical (unpaired) electrons. The average Bonchev–Trinajstić information content (AvgIpc) is 2.65. The number of benzene rings is 1. The van der Waals surface area contributed by atoms with E-state index in [0.29, 0.717) is 6.54 Å². The Bertz CT molecular complexity index is 614. The van der Waals surface area contributed by atoms with Crippen LogP contribution in [0.25, 0.3) is 11.3 Å². The Kier molecular flexibility index (Phi) is 3.62. The van der Waals surface area contributed by atoms with Gasteiger partial charge in [0.1, 0.15) is 11.6 Å². The van der Waals surface area contributed by atoms with E-state index in [1.165, 1.54) is 5.56 Å². The van der Waals surface area contributed by atoms with E-state index in [1.54, 1.807) is 7.11 Å². The minimum Gasteiger partial charge on any atom is -0.496 e. The molecule has 0 spiro atoms. The molecule has 0 aliphatic carbocycles. The molecule has 0 fully saturated rings. The summed E-state index contributed by atoms with van der Waals surface area (Å²) >= 11 is 0. The molecule has 102 valence electrons. The van der Waals surface area contributed by atoms with E-state index in [4.69, 9.17) is 10.5 Å². The molecule has 4 nitrogen and oxygen atoms in total. The Morgan fingerprint density at radius 2 is 1.95 bits per heavy atom. The molecule has 19 heavy (non-hydrogen) atoms. The molecule has 0 bridgehead atoms. The van der Waals surface area contributed by atoms with Gasteiger partial charge in [0.2, 0.25) is 0 Å². The first-order valence-corrected chi connectivity index (χ1v) is 6.37. The number of aromatic nitrogens is 2. The molecule has 0 aliphatic heterocycles. The molecule has 4 heteroatoms. The van der Waals surface area contributed by atoms with Crippen molar-refractivity contribution in [3.8, 4) is 17.0 Å². The zero-order chi connectivity index (χ0) is 14.2. The largest absolute Gasteiger partial charge is 0.496 e. The van der Waals surface area contributed by atoms with E-state index in [-0.39, 0.29) is 0 Å². The molecule has 2 N–H and O–H groups in total. The predicted octanol–water partition coefficient (Wildman–Crippen LogP) is 2.48. The van der Waals surface area contributed by atoms with E-state index in [1.807, 2.05) is 11.6 Å². The molecule has 0 saturated carbocycles. The van der Waals surface area contributed by atoms with Gasteiger partial charge in [-0.1, -0.05) is 6.07 Å². The number of hydrogen-bond donors (Lipinski definition) is 1. The van der Waals surface area contributed by atoms with Gasteiger partial charge in [-0.05, 0) is 38.0 Å². The predicted molar refractivity (Wildman–Crippen MR) is 77.3 cm³/mol. The molecule has 2 rings (SSSR count). The molecular formula is C15H21N3O. The average molecular weight is 259 g/mol. The minimum absolute atomic E-state index is 0.435. The Balaban J connectivity index is 2.71. The first-order chi connectivity index (χ1) is 8.99. The fourth-order valence-corrected chi connectivity index (χ4v) is 2.48. The Labute approximate surface area is 114 Å². The van der Waals surface area contributed by atoms with E-state index < -0.39 is 0 Å². The molecule has 1 aromatic carbocycles. The second-order valence-corrected chi connectivity index (χ2v) is 4.89. The van der Waals surface area contributed by atoms with Crippen LogP contribution in [0.4, 0.5) is 0 Å². The van der Waals surface area contributed by atoms with Crippen LogP contribution in [0.5, 0.6) is 5.75 Å². The van der Waals surface area contributed by atoms with Crippen LogP contribution in [0, 0.1) is 20.8 Å². The summed E-state index contributed by atoms with van der Waals surface area (Å²) in [6.07, 6.45) is 0. The van der Waals surface area contributed by atoms with Crippen molar-refractivity contribution in [3.05, 3.63) is 34.8 Å². The Morgan fingerprint density at radius 3 is 2.47 bits per heavy atom. The third kappa shape index (κ3) is 2.24. The highest BCUT2D eigenvalue weighted by molar-refractivity contribution is 5.72. The topological polar surface area (TPSA) is 53.1 Å². The second kappa shape index (κ2) is 5.05. The summed E-state index contributed by atoms with van der Waals surface area (Å²) in [6, 6.07) is 4.23. The third-order valence-electron chi connectivity index (χ3n) is 3.53. The highest BCUT2D eigenvalue weighted by Gasteiger charge is 2.17. The van der Waals surface area contributed by atoms with Crippen molar-refractivity contribution in [1.29, 1.82) is 0 Å². The maximum Gasteiger partial charge on any atom is 0.131 e. The van der Waals surface area contributed by atoms with Crippen molar-refractivity contribution in [2.75, 3.05) is 7.11 Å². The van der Waals surface area contributed by atoms with Crippen LogP contribution in [-0.2, 0) is 13.6 Å². The molecule has 0 unspecified atom stereocenters. The first-order valence-electron chi connectivity index (χ1n) is 6.37. The summed E-state index contributed by atoms with van der Waals surface area (Å²) in [7, 11) is 3.69. The van der Waals surface area contributed by atoms with Gasteiger partial charge in [0.15, 0.2) is 0 Å². The van der Waals surface area contributed by atoms with Gasteiger partial charge in [-0.15, -0.1) is 0 Å². The summed E-state index contributed by atoms with van der Waals surface area (Å²) in [6.45, 7) is 6.62. The lowest BCUT2D eigenvalue weighted by Crippen LogP contribution is -2.05. The van der Waals surface area contributed by atoms with E-state index in [9.17, 15) is 0 Å². The van der Waals surface area contributed by atoms with Gasteiger partial charge in [0.25, 0.3) is 0 Å². The van der Waals surface area contributed by atoms with Crippen LogP contribution in [-0.4, -0.2) is 16.7 Å². The van der Waals surface area contributed by atoms with Gasteiger partial charge >= 0.3 is 0 Å². The van der Waals surface area contributed by atoms with Crippen molar-refractivity contribution in [3.63, 3.8) is 0 Å². The number of rotatable bonds is 3. The van der Waals surface area contributed by atoms with Crippen molar-refractivity contribution < 1.29 is 4.74 Å². The van der Waals surface area contributed by atoms with Crippen LogP contribution in [0.2, 0.25) is 0 Å². The molecule has 0 saturated heterocycles. The van der Waals surface area contributed by atoms with E-state index >= 15 is 0 Å². The van der Waals surface area contributed by atoms with E-state index in [2.05, 4.69) is 37.9 Å². The Morgan fingerprint density at radius 1 is 1.26 bits per heavy atom. The molecule has 0 amide bonds. The zero-order valence-corrected chi connectivity index (χ0v) is 12.2. The lowest BCUT2D eigenvalue weighted by atomic mass is 10.0. The van der Waals surface area contributed by atoms with Crippen LogP contribution in [0.1, 0.15) is 22.6 Å². The van der Waals surface area contributed by atoms with E-state index in [0.717, 1.165) is 34.1 Å². The van der Waals surface area contributed by atoms with Gasteiger partial charge < -0.3 is 15.0 Å². The maximum atomic E-state index is 5.73. The number of methoxy groups -OCH3 is 1. The number of ether oxygens (including phenoxy) is 1. The summed E-state index contributed by atoms with van der Waals surface area (Å²) < 4.78 is 7.58. The maximum absolute atomic E-state index is 5.73. The second-order valence-electron chi connectivity index (χ2n) is 4.89. The standard InChI is InChI=1S/C15H21N3O/c1-9-6-10(2)15(19-5)12(7-9)14-11(3)18(4)13(8-16)17-14/h6-7H,8,16H2,1-5H3. The van der Waals surface area contributed by atoms with Crippen LogP contribution in [0.3, 0.4) is 0 Å². The monoisotopic (exact) mass is 259 g/mol. The van der Waals surface area contributed by atoms with Crippen molar-refractivity contribution >= 4 is 0 Å². The fourth-order valence-electron chi connectivity index (χ4n) is 2.48. The molecular weight excluding hydrogens is 238 g/mol. The summed E-state index contributed by atoms with van der Waals surface area (Å²) in [4.78, 5) is 4.65. The van der Waals surface area contributed by atoms with Crippen LogP contribution >= 0.6 is 0 Å². The highest BCUT2D eigenvalue weighted by Crippen LogP contribution is 2.35. The number of hydrogen-bond acceptors (Lipinski definition) is 3. The summed E-state index contributed by atoms with van der Waals surface area (Å²) in [5, 5.41) is 0. The van der Waals surface area contributed by atoms with Crippen LogP contribution in [0.15, 0.2) is 12.1 Å². The molecule has 1 heterocycles. The Hall–Kier alpha value is -1.81. The highest BCUT2D eigenvalue weighted by atomic mass is 16.5. The quantitative estimate of drug-likeness (QED) is 0.921. The summed E-state index contributed by atoms with van der Waals surface area (Å²) in [5.41, 5.74) is 11.1. The van der Waals surface area contributed by atoms with Crippen LogP contribution < -0.4 is 10.5 Å². The summed E-state index contributed by atoms with van der Waals surface area (Å²) in [5.74, 6) is 1.77. The molecule has 0 atom stereocenters. The molecule has 0 aliphatic rings. The number of imidazole rings is 1.